The summed E-state index contributed by atoms with van der Waals surface area (Å²) in [5, 5.41) is 13.5. The van der Waals surface area contributed by atoms with Gasteiger partial charge in [0.2, 0.25) is 0 Å². The van der Waals surface area contributed by atoms with E-state index in [9.17, 15) is 4.79 Å². The van der Waals surface area contributed by atoms with Crippen LogP contribution < -0.4 is 15.0 Å². The average molecular weight is 529 g/mol. The minimum atomic E-state index is -0.190. The molecule has 0 radical (unpaired) electrons. The SMILES string of the molecule is CCOc1ccc2[nH]c(=O)c(CN(Cc3ccccc3OC)C(CC)c3nnnn3Cc3ccco3)cc2c1. The number of furan rings is 1. The van der Waals surface area contributed by atoms with E-state index in [-0.39, 0.29) is 11.6 Å². The number of aromatic amines is 1. The van der Waals surface area contributed by atoms with Crippen molar-refractivity contribution in [2.45, 2.75) is 45.9 Å². The van der Waals surface area contributed by atoms with Crippen LogP contribution in [0.2, 0.25) is 0 Å². The molecule has 0 aliphatic rings. The number of hydrogen-bond acceptors (Lipinski definition) is 8. The lowest BCUT2D eigenvalue weighted by molar-refractivity contribution is 0.159. The van der Waals surface area contributed by atoms with Gasteiger partial charge in [0.05, 0.1) is 26.0 Å². The molecule has 0 amide bonds. The van der Waals surface area contributed by atoms with Crippen molar-refractivity contribution >= 4 is 10.9 Å². The predicted octanol–water partition coefficient (Wildman–Crippen LogP) is 4.72. The van der Waals surface area contributed by atoms with Gasteiger partial charge in [0.25, 0.3) is 5.56 Å². The molecule has 5 rings (SSSR count). The summed E-state index contributed by atoms with van der Waals surface area (Å²) in [6.45, 7) is 5.90. The molecule has 0 bridgehead atoms. The van der Waals surface area contributed by atoms with Gasteiger partial charge < -0.3 is 18.9 Å². The Morgan fingerprint density at radius 2 is 1.90 bits per heavy atom. The Morgan fingerprint density at radius 1 is 1.05 bits per heavy atom. The molecule has 10 heteroatoms. The normalized spacial score (nSPS) is 12.2. The summed E-state index contributed by atoms with van der Waals surface area (Å²) in [7, 11) is 1.66. The third kappa shape index (κ3) is 5.85. The number of tetrazole rings is 1. The Morgan fingerprint density at radius 3 is 2.67 bits per heavy atom. The van der Waals surface area contributed by atoms with Gasteiger partial charge in [0, 0.05) is 35.1 Å². The molecule has 0 saturated carbocycles. The van der Waals surface area contributed by atoms with Crippen LogP contribution in [0.1, 0.15) is 49.0 Å². The van der Waals surface area contributed by atoms with Gasteiger partial charge in [0.15, 0.2) is 5.82 Å². The number of H-pyrrole nitrogens is 1. The van der Waals surface area contributed by atoms with Crippen molar-refractivity contribution in [1.29, 1.82) is 0 Å². The van der Waals surface area contributed by atoms with Gasteiger partial charge >= 0.3 is 0 Å². The monoisotopic (exact) mass is 528 g/mol. The van der Waals surface area contributed by atoms with E-state index in [0.717, 1.165) is 33.7 Å². The fraction of sp³-hybridized carbons (Fsp3) is 0.310. The second kappa shape index (κ2) is 12.0. The molecule has 2 aromatic carbocycles. The number of benzene rings is 2. The van der Waals surface area contributed by atoms with Crippen molar-refractivity contribution < 1.29 is 13.9 Å². The first-order chi connectivity index (χ1) is 19.1. The van der Waals surface area contributed by atoms with Gasteiger partial charge in [-0.3, -0.25) is 9.69 Å². The zero-order valence-electron chi connectivity index (χ0n) is 22.3. The van der Waals surface area contributed by atoms with Crippen LogP contribution in [0.5, 0.6) is 11.5 Å². The molecule has 1 atom stereocenters. The molecule has 202 valence electrons. The predicted molar refractivity (Wildman–Crippen MR) is 147 cm³/mol. The van der Waals surface area contributed by atoms with E-state index < -0.39 is 0 Å². The molecule has 0 aliphatic carbocycles. The van der Waals surface area contributed by atoms with E-state index in [4.69, 9.17) is 13.9 Å². The first-order valence-corrected chi connectivity index (χ1v) is 13.0. The van der Waals surface area contributed by atoms with Crippen LogP contribution in [0.25, 0.3) is 10.9 Å². The summed E-state index contributed by atoms with van der Waals surface area (Å²) in [5.74, 6) is 2.99. The minimum absolute atomic E-state index is 0.137. The molecule has 0 aliphatic heterocycles. The van der Waals surface area contributed by atoms with Gasteiger partial charge in [-0.15, -0.1) is 5.10 Å². The van der Waals surface area contributed by atoms with Crippen LogP contribution >= 0.6 is 0 Å². The van der Waals surface area contributed by atoms with Crippen molar-refractivity contribution in [1.82, 2.24) is 30.1 Å². The molecule has 1 N–H and O–H groups in total. The number of nitrogens with zero attached hydrogens (tertiary/aromatic N) is 5. The lowest BCUT2D eigenvalue weighted by Gasteiger charge is -2.30. The Kier molecular flexibility index (Phi) is 8.02. The molecular weight excluding hydrogens is 496 g/mol. The Labute approximate surface area is 226 Å². The van der Waals surface area contributed by atoms with Crippen molar-refractivity contribution in [3.8, 4) is 11.5 Å². The maximum atomic E-state index is 13.2. The Hall–Kier alpha value is -4.44. The van der Waals surface area contributed by atoms with Crippen LogP contribution in [-0.2, 0) is 19.6 Å². The summed E-state index contributed by atoms with van der Waals surface area (Å²) in [6, 6.07) is 19.1. The number of methoxy groups -OCH3 is 1. The van der Waals surface area contributed by atoms with Gasteiger partial charge in [-0.05, 0) is 66.2 Å². The fourth-order valence-electron chi connectivity index (χ4n) is 4.87. The number of aromatic nitrogens is 5. The highest BCUT2D eigenvalue weighted by molar-refractivity contribution is 5.80. The summed E-state index contributed by atoms with van der Waals surface area (Å²) in [4.78, 5) is 18.5. The average Bonchev–Trinajstić information content (AvgIpc) is 3.63. The van der Waals surface area contributed by atoms with E-state index in [0.29, 0.717) is 44.0 Å². The summed E-state index contributed by atoms with van der Waals surface area (Å²) < 4.78 is 18.6. The number of hydrogen-bond donors (Lipinski definition) is 1. The van der Waals surface area contributed by atoms with Crippen molar-refractivity contribution in [2.24, 2.45) is 0 Å². The second-order valence-electron chi connectivity index (χ2n) is 9.22. The molecule has 0 fully saturated rings. The summed E-state index contributed by atoms with van der Waals surface area (Å²) in [5.41, 5.74) is 2.26. The number of fused-ring (bicyclic) bond motifs is 1. The first kappa shape index (κ1) is 26.2. The quantitative estimate of drug-likeness (QED) is 0.248. The van der Waals surface area contributed by atoms with Crippen LogP contribution in [0.15, 0.2) is 76.1 Å². The molecule has 5 aromatic rings. The fourth-order valence-corrected chi connectivity index (χ4v) is 4.87. The molecule has 0 spiro atoms. The first-order valence-electron chi connectivity index (χ1n) is 13.0. The zero-order chi connectivity index (χ0) is 27.2. The molecule has 0 saturated heterocycles. The van der Waals surface area contributed by atoms with Crippen LogP contribution in [0.4, 0.5) is 0 Å². The molecule has 3 heterocycles. The summed E-state index contributed by atoms with van der Waals surface area (Å²) >= 11 is 0. The summed E-state index contributed by atoms with van der Waals surface area (Å²) in [6.07, 6.45) is 2.35. The lowest BCUT2D eigenvalue weighted by Crippen LogP contribution is -2.32. The Bertz CT molecular complexity index is 1580. The van der Waals surface area contributed by atoms with Gasteiger partial charge in [0.1, 0.15) is 23.8 Å². The van der Waals surface area contributed by atoms with E-state index in [2.05, 4.69) is 32.3 Å². The number of pyridine rings is 1. The van der Waals surface area contributed by atoms with E-state index in [1.165, 1.54) is 0 Å². The van der Waals surface area contributed by atoms with Crippen molar-refractivity contribution in [3.05, 3.63) is 100.0 Å². The minimum Gasteiger partial charge on any atom is -0.496 e. The zero-order valence-corrected chi connectivity index (χ0v) is 22.3. The van der Waals surface area contributed by atoms with Gasteiger partial charge in [-0.25, -0.2) is 4.68 Å². The molecule has 3 aromatic heterocycles. The number of nitrogens with one attached hydrogen (secondary N) is 1. The van der Waals surface area contributed by atoms with Crippen molar-refractivity contribution in [2.75, 3.05) is 13.7 Å². The van der Waals surface area contributed by atoms with Gasteiger partial charge in [-0.2, -0.15) is 0 Å². The molecule has 1 unspecified atom stereocenters. The third-order valence-electron chi connectivity index (χ3n) is 6.71. The second-order valence-corrected chi connectivity index (χ2v) is 9.22. The van der Waals surface area contributed by atoms with E-state index in [1.807, 2.05) is 67.6 Å². The standard InChI is InChI=1S/C29H32N6O4/c1-4-26(28-31-32-33-35(28)19-24-10-8-14-39-24)34(17-20-9-6-7-11-27(20)37-3)18-22-15-21-16-23(38-5-2)12-13-25(21)30-29(22)36/h6-16,26H,4-5,17-19H2,1-3H3,(H,30,36). The number of rotatable bonds is 12. The highest BCUT2D eigenvalue weighted by Crippen LogP contribution is 2.30. The van der Waals surface area contributed by atoms with Crippen molar-refractivity contribution in [3.63, 3.8) is 0 Å². The van der Waals surface area contributed by atoms with E-state index >= 15 is 0 Å². The van der Waals surface area contributed by atoms with E-state index in [1.54, 1.807) is 18.1 Å². The topological polar surface area (TPSA) is 111 Å². The van der Waals surface area contributed by atoms with Gasteiger partial charge in [-0.1, -0.05) is 25.1 Å². The smallest absolute Gasteiger partial charge is 0.252 e. The number of ether oxygens (including phenoxy) is 2. The third-order valence-corrected chi connectivity index (χ3v) is 6.71. The molecule has 39 heavy (non-hydrogen) atoms. The van der Waals surface area contributed by atoms with Crippen LogP contribution in [0.3, 0.4) is 0 Å². The molecular formula is C29H32N6O4. The lowest BCUT2D eigenvalue weighted by atomic mass is 10.1. The maximum absolute atomic E-state index is 13.2. The van der Waals surface area contributed by atoms with Crippen LogP contribution in [-0.4, -0.2) is 43.8 Å². The highest BCUT2D eigenvalue weighted by Gasteiger charge is 2.27. The largest absolute Gasteiger partial charge is 0.496 e. The molecule has 10 nitrogen and oxygen atoms in total. The maximum Gasteiger partial charge on any atom is 0.252 e. The number of para-hydroxylation sites is 1. The highest BCUT2D eigenvalue weighted by atomic mass is 16.5. The van der Waals surface area contributed by atoms with Crippen LogP contribution in [0, 0.1) is 0 Å². The Balaban J connectivity index is 1.54.